The minimum Gasteiger partial charge on any atom is -0.392 e. The fourth-order valence-corrected chi connectivity index (χ4v) is 3.28. The van der Waals surface area contributed by atoms with E-state index in [1.165, 1.54) is 4.57 Å². The van der Waals surface area contributed by atoms with Crippen molar-refractivity contribution < 1.29 is 14.7 Å². The van der Waals surface area contributed by atoms with Crippen molar-refractivity contribution in [1.29, 1.82) is 0 Å². The van der Waals surface area contributed by atoms with Crippen LogP contribution in [0.3, 0.4) is 0 Å². The van der Waals surface area contributed by atoms with E-state index in [1.54, 1.807) is 39.0 Å². The van der Waals surface area contributed by atoms with E-state index < -0.39 is 18.0 Å². The number of thioether (sulfide) groups is 1. The second-order valence-corrected chi connectivity index (χ2v) is 7.66. The van der Waals surface area contributed by atoms with Gasteiger partial charge in [0, 0.05) is 11.1 Å². The summed E-state index contributed by atoms with van der Waals surface area (Å²) in [7, 11) is 0. The van der Waals surface area contributed by atoms with Crippen molar-refractivity contribution >= 4 is 46.2 Å². The Hall–Kier alpha value is -2.10. The second-order valence-electron chi connectivity index (χ2n) is 6.29. The van der Waals surface area contributed by atoms with Crippen LogP contribution in [0.2, 0.25) is 5.02 Å². The maximum absolute atomic E-state index is 12.7. The number of nitrogens with one attached hydrogen (secondary N) is 2. The van der Waals surface area contributed by atoms with E-state index in [4.69, 9.17) is 11.6 Å². The predicted molar refractivity (Wildman–Crippen MR) is 105 cm³/mol. The maximum atomic E-state index is 12.7. The third kappa shape index (κ3) is 5.95. The van der Waals surface area contributed by atoms with Gasteiger partial charge in [0.05, 0.1) is 29.3 Å². The summed E-state index contributed by atoms with van der Waals surface area (Å²) in [4.78, 5) is 40.7. The van der Waals surface area contributed by atoms with Crippen molar-refractivity contribution in [1.82, 2.24) is 20.2 Å². The molecule has 10 heteroatoms. The van der Waals surface area contributed by atoms with Crippen LogP contribution < -0.4 is 16.2 Å². The molecule has 0 aliphatic carbocycles. The van der Waals surface area contributed by atoms with Gasteiger partial charge in [0.2, 0.25) is 5.91 Å². The van der Waals surface area contributed by atoms with Gasteiger partial charge in [-0.3, -0.25) is 19.5 Å². The van der Waals surface area contributed by atoms with Crippen LogP contribution >= 0.6 is 23.4 Å². The van der Waals surface area contributed by atoms with Crippen LogP contribution in [0.5, 0.6) is 0 Å². The van der Waals surface area contributed by atoms with Crippen molar-refractivity contribution in [3.05, 3.63) is 33.6 Å². The molecule has 0 saturated heterocycles. The molecule has 146 valence electrons. The minimum absolute atomic E-state index is 0.0299. The standard InChI is InChI=1S/C17H21ClN4O4S/c1-9(2)19-16(26)21-14(24)8-27-17-20-13-6-11(18)4-5-12(13)15(25)22(17)7-10(3)23/h4-6,9-10,23H,7-8H2,1-3H3,(H2,19,21,24,26)/t10-/m1/s1. The van der Waals surface area contributed by atoms with Crippen LogP contribution in [0.15, 0.2) is 28.2 Å². The molecule has 1 atom stereocenters. The smallest absolute Gasteiger partial charge is 0.321 e. The molecule has 1 aromatic carbocycles. The van der Waals surface area contributed by atoms with E-state index in [2.05, 4.69) is 15.6 Å². The molecule has 2 aromatic rings. The first-order chi connectivity index (χ1) is 12.7. The molecule has 0 saturated carbocycles. The van der Waals surface area contributed by atoms with Crippen LogP contribution in [0, 0.1) is 0 Å². The summed E-state index contributed by atoms with van der Waals surface area (Å²) in [5.41, 5.74) is 0.0628. The third-order valence-electron chi connectivity index (χ3n) is 3.33. The summed E-state index contributed by atoms with van der Waals surface area (Å²) < 4.78 is 1.31. The summed E-state index contributed by atoms with van der Waals surface area (Å²) >= 11 is 6.97. The van der Waals surface area contributed by atoms with E-state index in [0.29, 0.717) is 15.9 Å². The van der Waals surface area contributed by atoms with Gasteiger partial charge in [-0.1, -0.05) is 23.4 Å². The van der Waals surface area contributed by atoms with Crippen molar-refractivity contribution in [2.75, 3.05) is 5.75 Å². The number of benzene rings is 1. The maximum Gasteiger partial charge on any atom is 0.321 e. The van der Waals surface area contributed by atoms with Crippen molar-refractivity contribution in [3.63, 3.8) is 0 Å². The molecule has 1 aromatic heterocycles. The Labute approximate surface area is 165 Å². The highest BCUT2D eigenvalue weighted by atomic mass is 35.5. The van der Waals surface area contributed by atoms with Gasteiger partial charge in [-0.25, -0.2) is 9.78 Å². The van der Waals surface area contributed by atoms with Crippen LogP contribution in [-0.2, 0) is 11.3 Å². The fraction of sp³-hybridized carbons (Fsp3) is 0.412. The number of amides is 3. The van der Waals surface area contributed by atoms with Gasteiger partial charge >= 0.3 is 6.03 Å². The average molecular weight is 413 g/mol. The molecule has 0 spiro atoms. The number of hydrogen-bond acceptors (Lipinski definition) is 6. The molecule has 0 aliphatic heterocycles. The molecule has 8 nitrogen and oxygen atoms in total. The van der Waals surface area contributed by atoms with E-state index in [0.717, 1.165) is 11.8 Å². The van der Waals surface area contributed by atoms with Gasteiger partial charge in [-0.15, -0.1) is 0 Å². The van der Waals surface area contributed by atoms with Gasteiger partial charge < -0.3 is 10.4 Å². The lowest BCUT2D eigenvalue weighted by Crippen LogP contribution is -2.43. The molecule has 0 fully saturated rings. The van der Waals surface area contributed by atoms with Crippen LogP contribution in [0.1, 0.15) is 20.8 Å². The number of nitrogens with zero attached hydrogens (tertiary/aromatic N) is 2. The van der Waals surface area contributed by atoms with Crippen LogP contribution in [0.4, 0.5) is 4.79 Å². The Bertz CT molecular complexity index is 914. The highest BCUT2D eigenvalue weighted by molar-refractivity contribution is 7.99. The number of carbonyl (C=O) groups excluding carboxylic acids is 2. The quantitative estimate of drug-likeness (QED) is 0.492. The summed E-state index contributed by atoms with van der Waals surface area (Å²) in [5, 5.41) is 15.5. The zero-order chi connectivity index (χ0) is 20.1. The molecule has 0 aliphatic rings. The fourth-order valence-electron chi connectivity index (χ4n) is 2.30. The monoisotopic (exact) mass is 412 g/mol. The largest absolute Gasteiger partial charge is 0.392 e. The summed E-state index contributed by atoms with van der Waals surface area (Å²) in [6.07, 6.45) is -0.778. The first kappa shape index (κ1) is 21.2. The highest BCUT2D eigenvalue weighted by Crippen LogP contribution is 2.20. The summed E-state index contributed by atoms with van der Waals surface area (Å²) in [5.74, 6) is -0.647. The first-order valence-electron chi connectivity index (χ1n) is 8.28. The number of imide groups is 1. The van der Waals surface area contributed by atoms with Crippen LogP contribution in [0.25, 0.3) is 10.9 Å². The molecule has 2 rings (SSSR count). The van der Waals surface area contributed by atoms with Gasteiger partial charge in [0.1, 0.15) is 0 Å². The number of hydrogen-bond donors (Lipinski definition) is 3. The lowest BCUT2D eigenvalue weighted by Gasteiger charge is -2.14. The topological polar surface area (TPSA) is 113 Å². The van der Waals surface area contributed by atoms with Crippen molar-refractivity contribution in [3.8, 4) is 0 Å². The molecule has 27 heavy (non-hydrogen) atoms. The second kappa shape index (κ2) is 9.20. The highest BCUT2D eigenvalue weighted by Gasteiger charge is 2.16. The molecule has 1 heterocycles. The molecular weight excluding hydrogens is 392 g/mol. The molecular formula is C17H21ClN4O4S. The van der Waals surface area contributed by atoms with E-state index in [-0.39, 0.29) is 29.1 Å². The Morgan fingerprint density at radius 1 is 1.33 bits per heavy atom. The number of aromatic nitrogens is 2. The zero-order valence-corrected chi connectivity index (χ0v) is 16.7. The molecule has 0 radical (unpaired) electrons. The van der Waals surface area contributed by atoms with Gasteiger partial charge in [-0.2, -0.15) is 0 Å². The number of carbonyl (C=O) groups is 2. The zero-order valence-electron chi connectivity index (χ0n) is 15.2. The number of urea groups is 1. The third-order valence-corrected chi connectivity index (χ3v) is 4.55. The van der Waals surface area contributed by atoms with Gasteiger partial charge in [-0.05, 0) is 39.0 Å². The van der Waals surface area contributed by atoms with E-state index >= 15 is 0 Å². The molecule has 3 amide bonds. The Morgan fingerprint density at radius 2 is 2.04 bits per heavy atom. The number of aliphatic hydroxyl groups excluding tert-OH is 1. The number of halogens is 1. The lowest BCUT2D eigenvalue weighted by molar-refractivity contribution is -0.117. The number of aliphatic hydroxyl groups is 1. The summed E-state index contributed by atoms with van der Waals surface area (Å²) in [6.45, 7) is 5.13. The van der Waals surface area contributed by atoms with Crippen LogP contribution in [-0.4, -0.2) is 44.5 Å². The SMILES string of the molecule is CC(C)NC(=O)NC(=O)CSc1nc2cc(Cl)ccc2c(=O)n1C[C@@H](C)O. The summed E-state index contributed by atoms with van der Waals surface area (Å²) in [6, 6.07) is 4.03. The molecule has 0 bridgehead atoms. The Balaban J connectivity index is 2.26. The normalized spacial score (nSPS) is 12.2. The first-order valence-corrected chi connectivity index (χ1v) is 9.65. The van der Waals surface area contributed by atoms with Gasteiger partial charge in [0.15, 0.2) is 5.16 Å². The average Bonchev–Trinajstić information content (AvgIpc) is 2.54. The van der Waals surface area contributed by atoms with Crippen molar-refractivity contribution in [2.45, 2.75) is 44.6 Å². The molecule has 0 unspecified atom stereocenters. The van der Waals surface area contributed by atoms with E-state index in [1.807, 2.05) is 0 Å². The number of rotatable bonds is 6. The van der Waals surface area contributed by atoms with E-state index in [9.17, 15) is 19.5 Å². The minimum atomic E-state index is -0.778. The van der Waals surface area contributed by atoms with Gasteiger partial charge in [0.25, 0.3) is 5.56 Å². The predicted octanol–water partition coefficient (Wildman–Crippen LogP) is 1.76. The Kier molecular flexibility index (Phi) is 7.23. The Morgan fingerprint density at radius 3 is 2.67 bits per heavy atom. The molecule has 3 N–H and O–H groups in total. The van der Waals surface area contributed by atoms with Crippen molar-refractivity contribution in [2.24, 2.45) is 0 Å². The number of fused-ring (bicyclic) bond motifs is 1. The lowest BCUT2D eigenvalue weighted by atomic mass is 10.2.